The van der Waals surface area contributed by atoms with Gasteiger partial charge in [0, 0.05) is 13.1 Å². The molecule has 0 saturated heterocycles. The van der Waals surface area contributed by atoms with Crippen molar-refractivity contribution in [3.8, 4) is 5.75 Å². The average Bonchev–Trinajstić information content (AvgIpc) is 2.94. The van der Waals surface area contributed by atoms with Crippen molar-refractivity contribution < 1.29 is 22.7 Å². The highest BCUT2D eigenvalue weighted by molar-refractivity contribution is 7.92. The third-order valence-corrected chi connectivity index (χ3v) is 8.62. The van der Waals surface area contributed by atoms with Crippen molar-refractivity contribution in [1.82, 2.24) is 10.2 Å². The Morgan fingerprint density at radius 2 is 1.68 bits per heavy atom. The number of nitrogens with one attached hydrogen (secondary N) is 1. The minimum atomic E-state index is -4.18. The smallest absolute Gasteiger partial charge is 0.264 e. The van der Waals surface area contributed by atoms with E-state index in [2.05, 4.69) is 5.32 Å². The van der Waals surface area contributed by atoms with Crippen LogP contribution in [0.4, 0.5) is 5.69 Å². The predicted molar refractivity (Wildman–Crippen MR) is 158 cm³/mol. The van der Waals surface area contributed by atoms with Crippen LogP contribution in [-0.4, -0.2) is 57.9 Å². The summed E-state index contributed by atoms with van der Waals surface area (Å²) in [6, 6.07) is 19.8. The first-order valence-electron chi connectivity index (χ1n) is 13.2. The van der Waals surface area contributed by atoms with Gasteiger partial charge < -0.3 is 15.0 Å². The Balaban J connectivity index is 2.04. The van der Waals surface area contributed by atoms with E-state index >= 15 is 0 Å². The number of hydrogen-bond acceptors (Lipinski definition) is 5. The summed E-state index contributed by atoms with van der Waals surface area (Å²) < 4.78 is 34.1. The molecule has 0 fully saturated rings. The molecule has 0 heterocycles. The molecule has 0 aromatic heterocycles. The first-order chi connectivity index (χ1) is 19.1. The zero-order valence-electron chi connectivity index (χ0n) is 23.3. The number of carbonyl (C=O) groups is 2. The van der Waals surface area contributed by atoms with E-state index in [1.54, 1.807) is 24.3 Å². The van der Waals surface area contributed by atoms with E-state index in [-0.39, 0.29) is 28.1 Å². The number of amides is 2. The number of nitrogens with zero attached hydrogens (tertiary/aromatic N) is 2. The van der Waals surface area contributed by atoms with Crippen molar-refractivity contribution in [2.24, 2.45) is 0 Å². The van der Waals surface area contributed by atoms with Gasteiger partial charge in [0.15, 0.2) is 0 Å². The molecule has 0 bridgehead atoms. The van der Waals surface area contributed by atoms with E-state index in [0.29, 0.717) is 25.1 Å². The summed E-state index contributed by atoms with van der Waals surface area (Å²) in [5, 5.41) is 3.00. The van der Waals surface area contributed by atoms with Crippen molar-refractivity contribution in [1.29, 1.82) is 0 Å². The molecule has 3 aromatic carbocycles. The van der Waals surface area contributed by atoms with Gasteiger partial charge in [-0.15, -0.1) is 0 Å². The van der Waals surface area contributed by atoms with Crippen molar-refractivity contribution in [2.75, 3.05) is 31.0 Å². The van der Waals surface area contributed by atoms with E-state index in [0.717, 1.165) is 15.4 Å². The third-order valence-electron chi connectivity index (χ3n) is 6.53. The normalized spacial score (nSPS) is 11.9. The summed E-state index contributed by atoms with van der Waals surface area (Å²) in [5.41, 5.74) is 2.10. The van der Waals surface area contributed by atoms with E-state index in [1.807, 2.05) is 51.1 Å². The molecule has 0 aliphatic carbocycles. The van der Waals surface area contributed by atoms with Gasteiger partial charge in [-0.1, -0.05) is 66.6 Å². The number of ether oxygens (including phenoxy) is 1. The Kier molecular flexibility index (Phi) is 11.0. The Hall–Kier alpha value is -3.56. The Morgan fingerprint density at radius 3 is 2.25 bits per heavy atom. The van der Waals surface area contributed by atoms with Crippen molar-refractivity contribution in [3.05, 3.63) is 88.9 Å². The minimum absolute atomic E-state index is 0.0319. The van der Waals surface area contributed by atoms with Gasteiger partial charge >= 0.3 is 0 Å². The molecule has 10 heteroatoms. The van der Waals surface area contributed by atoms with Crippen LogP contribution in [0.25, 0.3) is 0 Å². The average molecular weight is 586 g/mol. The van der Waals surface area contributed by atoms with Crippen LogP contribution in [0.5, 0.6) is 5.75 Å². The van der Waals surface area contributed by atoms with Gasteiger partial charge in [0.25, 0.3) is 10.0 Å². The lowest BCUT2D eigenvalue weighted by atomic mass is 10.1. The summed E-state index contributed by atoms with van der Waals surface area (Å²) in [6.45, 7) is 5.62. The zero-order valence-corrected chi connectivity index (χ0v) is 24.8. The first-order valence-corrected chi connectivity index (χ1v) is 15.0. The van der Waals surface area contributed by atoms with Crippen molar-refractivity contribution in [3.63, 3.8) is 0 Å². The molecule has 0 aliphatic heterocycles. The Morgan fingerprint density at radius 1 is 1.00 bits per heavy atom. The molecular formula is C30H36ClN3O5S. The number of anilines is 1. The maximum absolute atomic E-state index is 14.0. The van der Waals surface area contributed by atoms with Crippen LogP contribution < -0.4 is 14.4 Å². The third kappa shape index (κ3) is 7.55. The fourth-order valence-electron chi connectivity index (χ4n) is 4.36. The quantitative estimate of drug-likeness (QED) is 0.310. The lowest BCUT2D eigenvalue weighted by molar-refractivity contribution is -0.139. The standard InChI is InChI=1S/C30H36ClN3O5S/c1-5-27(30(36)32-6-2)33(19-18-23-10-8-7-9-11-23)29(35)21-34(24-14-17-28(39-4)26(31)20-24)40(37,38)25-15-12-22(3)13-16-25/h7-17,20,27H,5-6,18-19,21H2,1-4H3,(H,32,36)/t27-/m0/s1. The van der Waals surface area contributed by atoms with Crippen LogP contribution in [0.1, 0.15) is 31.4 Å². The topological polar surface area (TPSA) is 96.0 Å². The molecule has 214 valence electrons. The Bertz CT molecular complexity index is 1400. The predicted octanol–water partition coefficient (Wildman–Crippen LogP) is 4.84. The largest absolute Gasteiger partial charge is 0.495 e. The Labute approximate surface area is 241 Å². The van der Waals surface area contributed by atoms with Crippen LogP contribution >= 0.6 is 11.6 Å². The number of sulfonamides is 1. The molecule has 2 amide bonds. The number of hydrogen-bond donors (Lipinski definition) is 1. The number of benzene rings is 3. The number of likely N-dealkylation sites (N-methyl/N-ethyl adjacent to an activating group) is 1. The SMILES string of the molecule is CCNC(=O)[C@H](CC)N(CCc1ccccc1)C(=O)CN(c1ccc(OC)c(Cl)c1)S(=O)(=O)c1ccc(C)cc1. The van der Waals surface area contributed by atoms with Gasteiger partial charge in [-0.25, -0.2) is 8.42 Å². The van der Waals surface area contributed by atoms with E-state index < -0.39 is 28.5 Å². The van der Waals surface area contributed by atoms with Gasteiger partial charge in [-0.05, 0) is 62.6 Å². The second kappa shape index (κ2) is 14.2. The van der Waals surface area contributed by atoms with Crippen LogP contribution in [-0.2, 0) is 26.0 Å². The summed E-state index contributed by atoms with van der Waals surface area (Å²) in [6.07, 6.45) is 0.868. The minimum Gasteiger partial charge on any atom is -0.495 e. The summed E-state index contributed by atoms with van der Waals surface area (Å²) >= 11 is 6.36. The zero-order chi connectivity index (χ0) is 29.3. The van der Waals surface area contributed by atoms with Gasteiger partial charge in [-0.2, -0.15) is 0 Å². The summed E-state index contributed by atoms with van der Waals surface area (Å²) in [5.74, 6) is -0.417. The number of methoxy groups -OCH3 is 1. The molecule has 8 nitrogen and oxygen atoms in total. The molecule has 0 saturated carbocycles. The molecule has 3 rings (SSSR count). The van der Waals surface area contributed by atoms with Gasteiger partial charge in [0.1, 0.15) is 18.3 Å². The highest BCUT2D eigenvalue weighted by Crippen LogP contribution is 2.32. The van der Waals surface area contributed by atoms with Crippen LogP contribution in [0.3, 0.4) is 0 Å². The number of carbonyl (C=O) groups excluding carboxylic acids is 2. The number of aryl methyl sites for hydroxylation is 1. The maximum atomic E-state index is 14.0. The molecule has 0 aliphatic rings. The van der Waals surface area contributed by atoms with Crippen molar-refractivity contribution >= 4 is 39.1 Å². The monoisotopic (exact) mass is 585 g/mol. The lowest BCUT2D eigenvalue weighted by Crippen LogP contribution is -2.53. The van der Waals surface area contributed by atoms with Crippen LogP contribution in [0.2, 0.25) is 5.02 Å². The van der Waals surface area contributed by atoms with Crippen LogP contribution in [0.15, 0.2) is 77.7 Å². The molecule has 1 atom stereocenters. The lowest BCUT2D eigenvalue weighted by Gasteiger charge is -2.33. The van der Waals surface area contributed by atoms with Gasteiger partial charge in [-0.3, -0.25) is 13.9 Å². The molecule has 0 unspecified atom stereocenters. The van der Waals surface area contributed by atoms with E-state index in [1.165, 1.54) is 30.2 Å². The highest BCUT2D eigenvalue weighted by atomic mass is 35.5. The second-order valence-electron chi connectivity index (χ2n) is 9.28. The van der Waals surface area contributed by atoms with Gasteiger partial charge in [0.2, 0.25) is 11.8 Å². The van der Waals surface area contributed by atoms with Gasteiger partial charge in [0.05, 0.1) is 22.7 Å². The molecule has 1 N–H and O–H groups in total. The van der Waals surface area contributed by atoms with E-state index in [9.17, 15) is 18.0 Å². The molecule has 3 aromatic rings. The number of halogens is 1. The molecule has 0 spiro atoms. The van der Waals surface area contributed by atoms with Crippen molar-refractivity contribution in [2.45, 2.75) is 44.6 Å². The number of rotatable bonds is 13. The first kappa shape index (κ1) is 31.0. The fourth-order valence-corrected chi connectivity index (χ4v) is 6.02. The maximum Gasteiger partial charge on any atom is 0.264 e. The second-order valence-corrected chi connectivity index (χ2v) is 11.6. The summed E-state index contributed by atoms with van der Waals surface area (Å²) in [7, 11) is -2.72. The van der Waals surface area contributed by atoms with Crippen LogP contribution in [0, 0.1) is 6.92 Å². The highest BCUT2D eigenvalue weighted by Gasteiger charge is 2.33. The fraction of sp³-hybridized carbons (Fsp3) is 0.333. The van der Waals surface area contributed by atoms with E-state index in [4.69, 9.17) is 16.3 Å². The molecular weight excluding hydrogens is 550 g/mol. The molecule has 0 radical (unpaired) electrons. The molecule has 40 heavy (non-hydrogen) atoms. The summed E-state index contributed by atoms with van der Waals surface area (Å²) in [4.78, 5) is 28.5.